The van der Waals surface area contributed by atoms with Crippen LogP contribution in [-0.2, 0) is 11.2 Å². The lowest BCUT2D eigenvalue weighted by atomic mass is 9.73. The molecule has 1 aromatic carbocycles. The Balaban J connectivity index is 1.81. The molecule has 0 radical (unpaired) electrons. The van der Waals surface area contributed by atoms with Gasteiger partial charge in [-0.25, -0.2) is 0 Å². The van der Waals surface area contributed by atoms with Crippen molar-refractivity contribution in [3.8, 4) is 0 Å². The number of aromatic nitrogens is 1. The van der Waals surface area contributed by atoms with Gasteiger partial charge in [-0.3, -0.25) is 9.78 Å². The maximum absolute atomic E-state index is 12.8. The van der Waals surface area contributed by atoms with Gasteiger partial charge in [-0.1, -0.05) is 31.2 Å². The number of nitrogens with zero attached hydrogens (tertiary/aromatic N) is 1. The molecule has 1 atom stereocenters. The zero-order chi connectivity index (χ0) is 14.7. The van der Waals surface area contributed by atoms with E-state index >= 15 is 0 Å². The van der Waals surface area contributed by atoms with Crippen LogP contribution in [0.15, 0.2) is 36.4 Å². The summed E-state index contributed by atoms with van der Waals surface area (Å²) in [5, 5.41) is 4.51. The largest absolute Gasteiger partial charge is 0.316 e. The van der Waals surface area contributed by atoms with Crippen LogP contribution in [0.25, 0.3) is 10.9 Å². The quantitative estimate of drug-likeness (QED) is 0.937. The molecule has 2 heterocycles. The molecule has 1 unspecified atom stereocenters. The highest BCUT2D eigenvalue weighted by atomic mass is 16.1. The third-order valence-electron chi connectivity index (χ3n) is 4.74. The fourth-order valence-electron chi connectivity index (χ4n) is 3.26. The standard InChI is InChI=1S/C18H22N2O/c1-2-18(10-5-11-19-13-18)17(21)12-15-9-8-14-6-3-4-7-16(14)20-15/h3-4,6-9,19H,2,5,10-13H2,1H3. The highest BCUT2D eigenvalue weighted by molar-refractivity contribution is 5.87. The predicted octanol–water partition coefficient (Wildman–Crippen LogP) is 3.13. The number of carbonyl (C=O) groups is 1. The average molecular weight is 282 g/mol. The zero-order valence-electron chi connectivity index (χ0n) is 12.6. The maximum Gasteiger partial charge on any atom is 0.146 e. The van der Waals surface area contributed by atoms with Gasteiger partial charge in [-0.2, -0.15) is 0 Å². The molecule has 3 rings (SSSR count). The van der Waals surface area contributed by atoms with Crippen molar-refractivity contribution in [2.75, 3.05) is 13.1 Å². The van der Waals surface area contributed by atoms with E-state index in [1.54, 1.807) is 0 Å². The van der Waals surface area contributed by atoms with Gasteiger partial charge in [0.05, 0.1) is 5.52 Å². The maximum atomic E-state index is 12.8. The Labute approximate surface area is 125 Å². The number of pyridine rings is 1. The number of para-hydroxylation sites is 1. The summed E-state index contributed by atoms with van der Waals surface area (Å²) in [7, 11) is 0. The number of piperidine rings is 1. The van der Waals surface area contributed by atoms with Crippen molar-refractivity contribution in [2.45, 2.75) is 32.6 Å². The van der Waals surface area contributed by atoms with Crippen molar-refractivity contribution in [3.63, 3.8) is 0 Å². The third-order valence-corrected chi connectivity index (χ3v) is 4.74. The summed E-state index contributed by atoms with van der Waals surface area (Å²) in [6, 6.07) is 12.1. The molecule has 1 aliphatic rings. The van der Waals surface area contributed by atoms with E-state index in [2.05, 4.69) is 23.3 Å². The Morgan fingerprint density at radius 3 is 2.90 bits per heavy atom. The van der Waals surface area contributed by atoms with Crippen LogP contribution >= 0.6 is 0 Å². The van der Waals surface area contributed by atoms with Crippen molar-refractivity contribution in [3.05, 3.63) is 42.1 Å². The smallest absolute Gasteiger partial charge is 0.146 e. The molecule has 0 bridgehead atoms. The van der Waals surface area contributed by atoms with Gasteiger partial charge in [0.2, 0.25) is 0 Å². The van der Waals surface area contributed by atoms with Gasteiger partial charge in [-0.05, 0) is 37.9 Å². The molecular formula is C18H22N2O. The van der Waals surface area contributed by atoms with E-state index in [-0.39, 0.29) is 5.41 Å². The minimum atomic E-state index is -0.189. The fraction of sp³-hybridized carbons (Fsp3) is 0.444. The monoisotopic (exact) mass is 282 g/mol. The van der Waals surface area contributed by atoms with Crippen molar-refractivity contribution in [1.29, 1.82) is 0 Å². The van der Waals surface area contributed by atoms with Crippen LogP contribution < -0.4 is 5.32 Å². The fourth-order valence-corrected chi connectivity index (χ4v) is 3.26. The van der Waals surface area contributed by atoms with Crippen molar-refractivity contribution < 1.29 is 4.79 Å². The lowest BCUT2D eigenvalue weighted by molar-refractivity contribution is -0.129. The number of ketones is 1. The molecule has 0 aliphatic carbocycles. The molecular weight excluding hydrogens is 260 g/mol. The first-order valence-electron chi connectivity index (χ1n) is 7.82. The Kier molecular flexibility index (Phi) is 4.02. The molecule has 3 nitrogen and oxygen atoms in total. The number of hydrogen-bond acceptors (Lipinski definition) is 3. The SMILES string of the molecule is CCC1(C(=O)Cc2ccc3ccccc3n2)CCCNC1. The van der Waals surface area contributed by atoms with E-state index in [0.29, 0.717) is 12.2 Å². The molecule has 1 saturated heterocycles. The molecule has 2 aromatic rings. The first kappa shape index (κ1) is 14.2. The number of benzene rings is 1. The zero-order valence-corrected chi connectivity index (χ0v) is 12.6. The van der Waals surface area contributed by atoms with Crippen LogP contribution in [0.4, 0.5) is 0 Å². The minimum absolute atomic E-state index is 0.189. The molecule has 1 aromatic heterocycles. The number of Topliss-reactive ketones (excluding diaryl/α,β-unsaturated/α-hetero) is 1. The van der Waals surface area contributed by atoms with Gasteiger partial charge in [-0.15, -0.1) is 0 Å². The molecule has 1 fully saturated rings. The van der Waals surface area contributed by atoms with Gasteiger partial charge in [0.15, 0.2) is 0 Å². The van der Waals surface area contributed by atoms with Gasteiger partial charge in [0.25, 0.3) is 0 Å². The Morgan fingerprint density at radius 2 is 2.14 bits per heavy atom. The number of rotatable bonds is 4. The van der Waals surface area contributed by atoms with Crippen molar-refractivity contribution in [2.24, 2.45) is 5.41 Å². The van der Waals surface area contributed by atoms with Gasteiger partial charge >= 0.3 is 0 Å². The van der Waals surface area contributed by atoms with E-state index < -0.39 is 0 Å². The third kappa shape index (κ3) is 2.84. The Morgan fingerprint density at radius 1 is 1.29 bits per heavy atom. The van der Waals surface area contributed by atoms with E-state index in [4.69, 9.17) is 0 Å². The lowest BCUT2D eigenvalue weighted by Gasteiger charge is -2.35. The molecule has 21 heavy (non-hydrogen) atoms. The molecule has 0 amide bonds. The van der Waals surface area contributed by atoms with Gasteiger partial charge < -0.3 is 5.32 Å². The van der Waals surface area contributed by atoms with Crippen LogP contribution in [0.1, 0.15) is 31.9 Å². The normalized spacial score (nSPS) is 22.3. The summed E-state index contributed by atoms with van der Waals surface area (Å²) in [5.41, 5.74) is 1.66. The summed E-state index contributed by atoms with van der Waals surface area (Å²) < 4.78 is 0. The molecule has 0 saturated carbocycles. The van der Waals surface area contributed by atoms with Crippen LogP contribution in [0, 0.1) is 5.41 Å². The molecule has 1 N–H and O–H groups in total. The second-order valence-electron chi connectivity index (χ2n) is 6.01. The number of hydrogen-bond donors (Lipinski definition) is 1. The van der Waals surface area contributed by atoms with Crippen LogP contribution in [0.2, 0.25) is 0 Å². The topological polar surface area (TPSA) is 42.0 Å². The van der Waals surface area contributed by atoms with Crippen molar-refractivity contribution in [1.82, 2.24) is 10.3 Å². The Hall–Kier alpha value is -1.74. The van der Waals surface area contributed by atoms with E-state index in [1.165, 1.54) is 0 Å². The van der Waals surface area contributed by atoms with Crippen LogP contribution in [0.5, 0.6) is 0 Å². The summed E-state index contributed by atoms with van der Waals surface area (Å²) in [5.74, 6) is 0.333. The highest BCUT2D eigenvalue weighted by Crippen LogP contribution is 2.32. The number of fused-ring (bicyclic) bond motifs is 1. The Bertz CT molecular complexity index is 644. The highest BCUT2D eigenvalue weighted by Gasteiger charge is 2.37. The minimum Gasteiger partial charge on any atom is -0.316 e. The molecule has 1 aliphatic heterocycles. The van der Waals surface area contributed by atoms with Crippen molar-refractivity contribution >= 4 is 16.7 Å². The average Bonchev–Trinajstić information content (AvgIpc) is 2.55. The number of nitrogens with one attached hydrogen (secondary N) is 1. The predicted molar refractivity (Wildman–Crippen MR) is 85.3 cm³/mol. The summed E-state index contributed by atoms with van der Waals surface area (Å²) in [4.78, 5) is 17.4. The second kappa shape index (κ2) is 5.94. The first-order valence-corrected chi connectivity index (χ1v) is 7.82. The van der Waals surface area contributed by atoms with E-state index in [9.17, 15) is 4.79 Å². The van der Waals surface area contributed by atoms with Gasteiger partial charge in [0, 0.05) is 29.5 Å². The summed E-state index contributed by atoms with van der Waals surface area (Å²) in [6.07, 6.45) is 3.44. The van der Waals surface area contributed by atoms with Crippen LogP contribution in [-0.4, -0.2) is 23.9 Å². The lowest BCUT2D eigenvalue weighted by Crippen LogP contribution is -2.45. The van der Waals surface area contributed by atoms with Crippen LogP contribution in [0.3, 0.4) is 0 Å². The number of carbonyl (C=O) groups excluding carboxylic acids is 1. The molecule has 110 valence electrons. The first-order chi connectivity index (χ1) is 10.2. The summed E-state index contributed by atoms with van der Waals surface area (Å²) in [6.45, 7) is 3.97. The molecule has 3 heteroatoms. The second-order valence-corrected chi connectivity index (χ2v) is 6.01. The van der Waals surface area contributed by atoms with Gasteiger partial charge in [0.1, 0.15) is 5.78 Å². The summed E-state index contributed by atoms with van der Waals surface area (Å²) >= 11 is 0. The van der Waals surface area contributed by atoms with E-state index in [1.807, 2.05) is 30.3 Å². The molecule has 0 spiro atoms. The van der Waals surface area contributed by atoms with E-state index in [0.717, 1.165) is 48.9 Å².